The zero-order valence-electron chi connectivity index (χ0n) is 17.4. The SMILES string of the molecule is COc1ccc(CNC(=O)CNC(=O)c2ccc(N3CCCC3=O)cc2)cc1OC(F)F. The van der Waals surface area contributed by atoms with Gasteiger partial charge in [0.2, 0.25) is 11.8 Å². The number of alkyl halides is 2. The van der Waals surface area contributed by atoms with Gasteiger partial charge in [0.05, 0.1) is 13.7 Å². The third-order valence-electron chi connectivity index (χ3n) is 4.86. The molecule has 2 aromatic rings. The zero-order valence-corrected chi connectivity index (χ0v) is 17.4. The number of halogens is 2. The first kappa shape index (κ1) is 23.0. The molecule has 2 N–H and O–H groups in total. The first-order valence-corrected chi connectivity index (χ1v) is 9.94. The molecule has 1 aliphatic rings. The summed E-state index contributed by atoms with van der Waals surface area (Å²) >= 11 is 0. The van der Waals surface area contributed by atoms with E-state index >= 15 is 0 Å². The van der Waals surface area contributed by atoms with Gasteiger partial charge in [-0.2, -0.15) is 8.78 Å². The Morgan fingerprint density at radius 1 is 1.09 bits per heavy atom. The van der Waals surface area contributed by atoms with Gasteiger partial charge in [-0.3, -0.25) is 14.4 Å². The summed E-state index contributed by atoms with van der Waals surface area (Å²) in [4.78, 5) is 37.8. The van der Waals surface area contributed by atoms with E-state index in [2.05, 4.69) is 15.4 Å². The second kappa shape index (κ2) is 10.6. The van der Waals surface area contributed by atoms with E-state index in [-0.39, 0.29) is 30.5 Å². The molecule has 1 saturated heterocycles. The summed E-state index contributed by atoms with van der Waals surface area (Å²) in [5.74, 6) is -0.820. The summed E-state index contributed by atoms with van der Waals surface area (Å²) in [6.45, 7) is -2.55. The minimum Gasteiger partial charge on any atom is -0.493 e. The normalized spacial score (nSPS) is 13.2. The fourth-order valence-corrected chi connectivity index (χ4v) is 3.26. The van der Waals surface area contributed by atoms with Crippen LogP contribution in [0.25, 0.3) is 0 Å². The maximum Gasteiger partial charge on any atom is 0.387 e. The Kier molecular flexibility index (Phi) is 7.58. The maximum absolute atomic E-state index is 12.5. The van der Waals surface area contributed by atoms with Gasteiger partial charge in [0.15, 0.2) is 11.5 Å². The monoisotopic (exact) mass is 447 g/mol. The van der Waals surface area contributed by atoms with Gasteiger partial charge in [-0.05, 0) is 48.4 Å². The lowest BCUT2D eigenvalue weighted by Gasteiger charge is -2.15. The first-order chi connectivity index (χ1) is 15.4. The molecule has 0 unspecified atom stereocenters. The molecular formula is C22H23F2N3O5. The number of nitrogens with one attached hydrogen (secondary N) is 2. The Bertz CT molecular complexity index is 982. The fourth-order valence-electron chi connectivity index (χ4n) is 3.26. The van der Waals surface area contributed by atoms with E-state index in [1.165, 1.54) is 19.2 Å². The van der Waals surface area contributed by atoms with E-state index in [1.807, 2.05) is 0 Å². The minimum absolute atomic E-state index is 0.0524. The van der Waals surface area contributed by atoms with Gasteiger partial charge < -0.3 is 25.0 Å². The molecule has 8 nitrogen and oxygen atoms in total. The van der Waals surface area contributed by atoms with Crippen LogP contribution in [-0.2, 0) is 16.1 Å². The second-order valence-corrected chi connectivity index (χ2v) is 7.02. The number of rotatable bonds is 9. The number of benzene rings is 2. The number of amides is 3. The van der Waals surface area contributed by atoms with Crippen molar-refractivity contribution in [1.82, 2.24) is 10.6 Å². The Hall–Kier alpha value is -3.69. The summed E-state index contributed by atoms with van der Waals surface area (Å²) in [6.07, 6.45) is 1.34. The predicted octanol–water partition coefficient (Wildman–Crippen LogP) is 2.47. The number of carbonyl (C=O) groups excluding carboxylic acids is 3. The van der Waals surface area contributed by atoms with Crippen LogP contribution < -0.4 is 25.0 Å². The first-order valence-electron chi connectivity index (χ1n) is 9.94. The van der Waals surface area contributed by atoms with E-state index in [0.717, 1.165) is 12.1 Å². The molecule has 3 amide bonds. The molecule has 2 aromatic carbocycles. The van der Waals surface area contributed by atoms with Crippen molar-refractivity contribution in [2.75, 3.05) is 25.1 Å². The minimum atomic E-state index is -3.01. The number of nitrogens with zero attached hydrogens (tertiary/aromatic N) is 1. The molecule has 0 aliphatic carbocycles. The third kappa shape index (κ3) is 5.93. The maximum atomic E-state index is 12.5. The van der Waals surface area contributed by atoms with Gasteiger partial charge in [-0.15, -0.1) is 0 Å². The summed E-state index contributed by atoms with van der Waals surface area (Å²) in [6, 6.07) is 11.0. The Balaban J connectivity index is 1.48. The highest BCUT2D eigenvalue weighted by atomic mass is 19.3. The van der Waals surface area contributed by atoms with Crippen LogP contribution in [0.2, 0.25) is 0 Å². The molecule has 1 aliphatic heterocycles. The van der Waals surface area contributed by atoms with Crippen molar-refractivity contribution in [1.29, 1.82) is 0 Å². The van der Waals surface area contributed by atoms with Crippen LogP contribution in [0, 0.1) is 0 Å². The van der Waals surface area contributed by atoms with Gasteiger partial charge >= 0.3 is 6.61 Å². The van der Waals surface area contributed by atoms with Gasteiger partial charge in [0.1, 0.15) is 0 Å². The Morgan fingerprint density at radius 3 is 2.47 bits per heavy atom. The highest BCUT2D eigenvalue weighted by molar-refractivity contribution is 5.98. The average Bonchev–Trinajstić information content (AvgIpc) is 3.21. The van der Waals surface area contributed by atoms with Crippen molar-refractivity contribution in [2.45, 2.75) is 26.0 Å². The van der Waals surface area contributed by atoms with E-state index < -0.39 is 18.4 Å². The molecule has 10 heteroatoms. The summed E-state index contributed by atoms with van der Waals surface area (Å²) in [5, 5.41) is 5.11. The summed E-state index contributed by atoms with van der Waals surface area (Å²) in [5.41, 5.74) is 1.61. The highest BCUT2D eigenvalue weighted by Gasteiger charge is 2.21. The summed E-state index contributed by atoms with van der Waals surface area (Å²) < 4.78 is 34.4. The second-order valence-electron chi connectivity index (χ2n) is 7.02. The number of hydrogen-bond acceptors (Lipinski definition) is 5. The third-order valence-corrected chi connectivity index (χ3v) is 4.86. The lowest BCUT2D eigenvalue weighted by atomic mass is 10.2. The molecule has 0 aromatic heterocycles. The number of hydrogen-bond donors (Lipinski definition) is 2. The molecular weight excluding hydrogens is 424 g/mol. The van der Waals surface area contributed by atoms with Crippen LogP contribution in [-0.4, -0.2) is 44.5 Å². The number of carbonyl (C=O) groups is 3. The van der Waals surface area contributed by atoms with Crippen molar-refractivity contribution >= 4 is 23.4 Å². The van der Waals surface area contributed by atoms with Gasteiger partial charge in [0, 0.05) is 30.8 Å². The van der Waals surface area contributed by atoms with Crippen molar-refractivity contribution in [3.05, 3.63) is 53.6 Å². The molecule has 32 heavy (non-hydrogen) atoms. The van der Waals surface area contributed by atoms with E-state index in [1.54, 1.807) is 35.2 Å². The number of ether oxygens (including phenoxy) is 2. The Labute approximate surface area is 183 Å². The molecule has 0 radical (unpaired) electrons. The van der Waals surface area contributed by atoms with Crippen molar-refractivity contribution in [3.63, 3.8) is 0 Å². The molecule has 1 fully saturated rings. The van der Waals surface area contributed by atoms with Crippen LogP contribution in [0.3, 0.4) is 0 Å². The van der Waals surface area contributed by atoms with Gasteiger partial charge in [-0.25, -0.2) is 0 Å². The highest BCUT2D eigenvalue weighted by Crippen LogP contribution is 2.29. The largest absolute Gasteiger partial charge is 0.493 e. The van der Waals surface area contributed by atoms with E-state index in [0.29, 0.717) is 24.1 Å². The molecule has 0 saturated carbocycles. The Morgan fingerprint density at radius 2 is 1.84 bits per heavy atom. The molecule has 0 bridgehead atoms. The number of anilines is 1. The standard InChI is InChI=1S/C22H23F2N3O5/c1-31-17-9-4-14(11-18(17)32-22(23)24)12-25-19(28)13-26-21(30)15-5-7-16(8-6-15)27-10-2-3-20(27)29/h4-9,11,22H,2-3,10,12-13H2,1H3,(H,25,28)(H,26,30). The molecule has 0 spiro atoms. The van der Waals surface area contributed by atoms with Crippen LogP contribution in [0.4, 0.5) is 14.5 Å². The van der Waals surface area contributed by atoms with E-state index in [4.69, 9.17) is 4.74 Å². The predicted molar refractivity (Wildman–Crippen MR) is 112 cm³/mol. The lowest BCUT2D eigenvalue weighted by molar-refractivity contribution is -0.120. The zero-order chi connectivity index (χ0) is 23.1. The van der Waals surface area contributed by atoms with Crippen molar-refractivity contribution in [3.8, 4) is 11.5 Å². The van der Waals surface area contributed by atoms with Crippen molar-refractivity contribution in [2.24, 2.45) is 0 Å². The quantitative estimate of drug-likeness (QED) is 0.616. The van der Waals surface area contributed by atoms with Crippen LogP contribution in [0.15, 0.2) is 42.5 Å². The molecule has 3 rings (SSSR count). The molecule has 1 heterocycles. The van der Waals surface area contributed by atoms with Gasteiger partial charge in [-0.1, -0.05) is 6.07 Å². The van der Waals surface area contributed by atoms with Crippen LogP contribution in [0.1, 0.15) is 28.8 Å². The van der Waals surface area contributed by atoms with Crippen LogP contribution in [0.5, 0.6) is 11.5 Å². The van der Waals surface area contributed by atoms with Crippen LogP contribution >= 0.6 is 0 Å². The van der Waals surface area contributed by atoms with Gasteiger partial charge in [0.25, 0.3) is 5.91 Å². The topological polar surface area (TPSA) is 97.0 Å². The average molecular weight is 447 g/mol. The van der Waals surface area contributed by atoms with E-state index in [9.17, 15) is 23.2 Å². The van der Waals surface area contributed by atoms with Crippen molar-refractivity contribution < 1.29 is 32.6 Å². The fraction of sp³-hybridized carbons (Fsp3) is 0.318. The lowest BCUT2D eigenvalue weighted by Crippen LogP contribution is -2.36. The smallest absolute Gasteiger partial charge is 0.387 e. The molecule has 0 atom stereocenters. The summed E-state index contributed by atoms with van der Waals surface area (Å²) in [7, 11) is 1.33. The molecule has 170 valence electrons. The number of methoxy groups -OCH3 is 1.